The van der Waals surface area contributed by atoms with Crippen LogP contribution in [0.5, 0.6) is 0 Å². The SMILES string of the molecule is Cc1ccc(Cl)cc1NCc1ccc(-c2ccccc2)s1. The summed E-state index contributed by atoms with van der Waals surface area (Å²) in [6.07, 6.45) is 0. The van der Waals surface area contributed by atoms with Gasteiger partial charge < -0.3 is 5.32 Å². The van der Waals surface area contributed by atoms with Crippen LogP contribution in [0.25, 0.3) is 10.4 Å². The molecule has 106 valence electrons. The Labute approximate surface area is 134 Å². The van der Waals surface area contributed by atoms with Crippen molar-refractivity contribution in [1.82, 2.24) is 0 Å². The first-order valence-electron chi connectivity index (χ1n) is 6.86. The quantitative estimate of drug-likeness (QED) is 0.624. The van der Waals surface area contributed by atoms with Gasteiger partial charge in [0.1, 0.15) is 0 Å². The number of hydrogen-bond donors (Lipinski definition) is 1. The normalized spacial score (nSPS) is 10.6. The molecular weight excluding hydrogens is 298 g/mol. The molecule has 0 fully saturated rings. The monoisotopic (exact) mass is 313 g/mol. The molecule has 1 aromatic heterocycles. The van der Waals surface area contributed by atoms with Crippen molar-refractivity contribution in [3.05, 3.63) is 76.1 Å². The molecule has 3 rings (SSSR count). The van der Waals surface area contributed by atoms with Gasteiger partial charge in [-0.25, -0.2) is 0 Å². The standard InChI is InChI=1S/C18H16ClNS/c1-13-7-8-15(19)11-17(13)20-12-16-9-10-18(21-16)14-5-3-2-4-6-14/h2-11,20H,12H2,1H3. The van der Waals surface area contributed by atoms with E-state index in [0.29, 0.717) is 0 Å². The third-order valence-corrected chi connectivity index (χ3v) is 4.74. The fourth-order valence-electron chi connectivity index (χ4n) is 2.20. The second kappa shape index (κ2) is 6.33. The second-order valence-electron chi connectivity index (χ2n) is 4.94. The molecule has 0 saturated carbocycles. The summed E-state index contributed by atoms with van der Waals surface area (Å²) < 4.78 is 0. The molecule has 3 heteroatoms. The van der Waals surface area contributed by atoms with E-state index in [9.17, 15) is 0 Å². The molecule has 2 aromatic carbocycles. The molecule has 0 saturated heterocycles. The number of rotatable bonds is 4. The third-order valence-electron chi connectivity index (χ3n) is 3.37. The van der Waals surface area contributed by atoms with Crippen molar-refractivity contribution in [2.75, 3.05) is 5.32 Å². The molecule has 0 unspecified atom stereocenters. The van der Waals surface area contributed by atoms with Crippen molar-refractivity contribution in [3.63, 3.8) is 0 Å². The van der Waals surface area contributed by atoms with Gasteiger partial charge in [0.25, 0.3) is 0 Å². The molecule has 0 spiro atoms. The van der Waals surface area contributed by atoms with Crippen LogP contribution >= 0.6 is 22.9 Å². The van der Waals surface area contributed by atoms with Crippen molar-refractivity contribution in [2.45, 2.75) is 13.5 Å². The fourth-order valence-corrected chi connectivity index (χ4v) is 3.32. The smallest absolute Gasteiger partial charge is 0.0494 e. The van der Waals surface area contributed by atoms with Crippen LogP contribution in [-0.2, 0) is 6.54 Å². The van der Waals surface area contributed by atoms with Crippen LogP contribution in [0.4, 0.5) is 5.69 Å². The van der Waals surface area contributed by atoms with Gasteiger partial charge in [0.05, 0.1) is 0 Å². The van der Waals surface area contributed by atoms with Crippen molar-refractivity contribution in [2.24, 2.45) is 0 Å². The van der Waals surface area contributed by atoms with Gasteiger partial charge in [-0.2, -0.15) is 0 Å². The molecule has 21 heavy (non-hydrogen) atoms. The van der Waals surface area contributed by atoms with E-state index in [1.807, 2.05) is 35.6 Å². The molecular formula is C18H16ClNS. The average molecular weight is 314 g/mol. The lowest BCUT2D eigenvalue weighted by atomic mass is 10.2. The molecule has 0 aliphatic carbocycles. The Morgan fingerprint density at radius 2 is 1.81 bits per heavy atom. The molecule has 1 nitrogen and oxygen atoms in total. The zero-order chi connectivity index (χ0) is 14.7. The van der Waals surface area contributed by atoms with E-state index in [-0.39, 0.29) is 0 Å². The van der Waals surface area contributed by atoms with E-state index in [4.69, 9.17) is 11.6 Å². The van der Waals surface area contributed by atoms with Gasteiger partial charge in [0, 0.05) is 27.0 Å². The largest absolute Gasteiger partial charge is 0.380 e. The molecule has 1 heterocycles. The summed E-state index contributed by atoms with van der Waals surface area (Å²) >= 11 is 7.87. The zero-order valence-corrected chi connectivity index (χ0v) is 13.3. The first kappa shape index (κ1) is 14.2. The highest BCUT2D eigenvalue weighted by Gasteiger charge is 2.04. The highest BCUT2D eigenvalue weighted by molar-refractivity contribution is 7.15. The van der Waals surface area contributed by atoms with Crippen LogP contribution < -0.4 is 5.32 Å². The Bertz CT molecular complexity index is 734. The first-order valence-corrected chi connectivity index (χ1v) is 8.06. The van der Waals surface area contributed by atoms with Crippen LogP contribution in [0.15, 0.2) is 60.7 Å². The Morgan fingerprint density at radius 1 is 1.00 bits per heavy atom. The number of benzene rings is 2. The van der Waals surface area contributed by atoms with E-state index < -0.39 is 0 Å². The topological polar surface area (TPSA) is 12.0 Å². The lowest BCUT2D eigenvalue weighted by molar-refractivity contribution is 1.18. The van der Waals surface area contributed by atoms with E-state index in [0.717, 1.165) is 17.3 Å². The Hall–Kier alpha value is -1.77. The molecule has 0 bridgehead atoms. The third kappa shape index (κ3) is 3.46. The van der Waals surface area contributed by atoms with Gasteiger partial charge in [-0.3, -0.25) is 0 Å². The van der Waals surface area contributed by atoms with Crippen LogP contribution in [0.3, 0.4) is 0 Å². The molecule has 0 aliphatic rings. The molecule has 0 amide bonds. The van der Waals surface area contributed by atoms with Crippen molar-refractivity contribution < 1.29 is 0 Å². The Morgan fingerprint density at radius 3 is 2.62 bits per heavy atom. The fraction of sp³-hybridized carbons (Fsp3) is 0.111. The summed E-state index contributed by atoms with van der Waals surface area (Å²) in [4.78, 5) is 2.61. The van der Waals surface area contributed by atoms with E-state index in [2.05, 4.69) is 48.6 Å². The van der Waals surface area contributed by atoms with Gasteiger partial charge >= 0.3 is 0 Å². The van der Waals surface area contributed by atoms with Crippen LogP contribution in [0.2, 0.25) is 5.02 Å². The average Bonchev–Trinajstić information content (AvgIpc) is 2.98. The van der Waals surface area contributed by atoms with Crippen LogP contribution in [-0.4, -0.2) is 0 Å². The number of hydrogen-bond acceptors (Lipinski definition) is 2. The van der Waals surface area contributed by atoms with Crippen LogP contribution in [0, 0.1) is 6.92 Å². The summed E-state index contributed by atoms with van der Waals surface area (Å²) in [7, 11) is 0. The molecule has 0 atom stereocenters. The number of anilines is 1. The first-order chi connectivity index (χ1) is 10.2. The summed E-state index contributed by atoms with van der Waals surface area (Å²) in [5.41, 5.74) is 3.57. The van der Waals surface area contributed by atoms with Gasteiger partial charge in [0.15, 0.2) is 0 Å². The van der Waals surface area contributed by atoms with Crippen molar-refractivity contribution in [1.29, 1.82) is 0 Å². The second-order valence-corrected chi connectivity index (χ2v) is 6.55. The lowest BCUT2D eigenvalue weighted by Crippen LogP contribution is -1.99. The van der Waals surface area contributed by atoms with Crippen LogP contribution in [0.1, 0.15) is 10.4 Å². The van der Waals surface area contributed by atoms with E-state index in [1.54, 1.807) is 0 Å². The summed E-state index contributed by atoms with van der Waals surface area (Å²) in [5.74, 6) is 0. The number of aryl methyl sites for hydroxylation is 1. The summed E-state index contributed by atoms with van der Waals surface area (Å²) in [6.45, 7) is 2.90. The minimum absolute atomic E-state index is 0.763. The van der Waals surface area contributed by atoms with Gasteiger partial charge in [-0.15, -0.1) is 11.3 Å². The predicted octanol–water partition coefficient (Wildman–Crippen LogP) is 5.99. The molecule has 1 N–H and O–H groups in total. The highest BCUT2D eigenvalue weighted by atomic mass is 35.5. The summed E-state index contributed by atoms with van der Waals surface area (Å²) in [6, 6.07) is 20.8. The van der Waals surface area contributed by atoms with E-state index >= 15 is 0 Å². The maximum absolute atomic E-state index is 6.05. The van der Waals surface area contributed by atoms with Gasteiger partial charge in [-0.1, -0.05) is 48.0 Å². The number of nitrogens with one attached hydrogen (secondary N) is 1. The maximum Gasteiger partial charge on any atom is 0.0494 e. The summed E-state index contributed by atoms with van der Waals surface area (Å²) in [5, 5.41) is 4.22. The van der Waals surface area contributed by atoms with Gasteiger partial charge in [-0.05, 0) is 42.3 Å². The number of thiophene rings is 1. The van der Waals surface area contributed by atoms with Crippen molar-refractivity contribution in [3.8, 4) is 10.4 Å². The van der Waals surface area contributed by atoms with Gasteiger partial charge in [0.2, 0.25) is 0 Å². The molecule has 0 aliphatic heterocycles. The Balaban J connectivity index is 1.72. The van der Waals surface area contributed by atoms with E-state index in [1.165, 1.54) is 20.9 Å². The number of halogens is 1. The minimum Gasteiger partial charge on any atom is -0.380 e. The zero-order valence-electron chi connectivity index (χ0n) is 11.8. The molecule has 0 radical (unpaired) electrons. The predicted molar refractivity (Wildman–Crippen MR) is 93.3 cm³/mol. The van der Waals surface area contributed by atoms with Crippen molar-refractivity contribution >= 4 is 28.6 Å². The Kier molecular flexibility index (Phi) is 4.28. The molecule has 3 aromatic rings. The lowest BCUT2D eigenvalue weighted by Gasteiger charge is -2.08. The minimum atomic E-state index is 0.763. The maximum atomic E-state index is 6.05. The highest BCUT2D eigenvalue weighted by Crippen LogP contribution is 2.29.